The second kappa shape index (κ2) is 5.68. The summed E-state index contributed by atoms with van der Waals surface area (Å²) in [7, 11) is 0. The maximum absolute atomic E-state index is 11.6. The fourth-order valence-corrected chi connectivity index (χ4v) is 1.43. The highest BCUT2D eigenvalue weighted by molar-refractivity contribution is 5.87. The summed E-state index contributed by atoms with van der Waals surface area (Å²) in [5.41, 5.74) is 0.713. The van der Waals surface area contributed by atoms with Crippen molar-refractivity contribution in [1.29, 1.82) is 0 Å². The van der Waals surface area contributed by atoms with Gasteiger partial charge in [0.05, 0.1) is 12.3 Å². The molecule has 0 aromatic carbocycles. The van der Waals surface area contributed by atoms with Gasteiger partial charge in [-0.1, -0.05) is 20.8 Å². The van der Waals surface area contributed by atoms with Crippen molar-refractivity contribution in [3.63, 3.8) is 0 Å². The van der Waals surface area contributed by atoms with Crippen LogP contribution in [0.15, 0.2) is 4.42 Å². The maximum atomic E-state index is 11.6. The van der Waals surface area contributed by atoms with Crippen LogP contribution in [0.2, 0.25) is 0 Å². The monoisotopic (exact) mass is 225 g/mol. The minimum Gasteiger partial charge on any atom is -0.460 e. The second-order valence-corrected chi connectivity index (χ2v) is 4.06. The van der Waals surface area contributed by atoms with Crippen LogP contribution < -0.4 is 0 Å². The Balaban J connectivity index is 2.95. The standard InChI is InChI=1S/C12H19NO3/c1-5-10-13-9(7-8(3)4)11(16-10)12(14)15-6-2/h8H,5-7H2,1-4H3. The van der Waals surface area contributed by atoms with Crippen molar-refractivity contribution in [2.75, 3.05) is 6.61 Å². The molecule has 4 nitrogen and oxygen atoms in total. The molecule has 0 fully saturated rings. The van der Waals surface area contributed by atoms with E-state index in [4.69, 9.17) is 9.15 Å². The Hall–Kier alpha value is -1.32. The van der Waals surface area contributed by atoms with Gasteiger partial charge in [-0.15, -0.1) is 0 Å². The molecule has 0 aliphatic heterocycles. The highest BCUT2D eigenvalue weighted by Crippen LogP contribution is 2.16. The van der Waals surface area contributed by atoms with E-state index in [1.807, 2.05) is 6.92 Å². The van der Waals surface area contributed by atoms with Crippen molar-refractivity contribution < 1.29 is 13.9 Å². The molecule has 0 atom stereocenters. The van der Waals surface area contributed by atoms with Crippen LogP contribution in [0, 0.1) is 5.92 Å². The fourth-order valence-electron chi connectivity index (χ4n) is 1.43. The third kappa shape index (κ3) is 3.08. The van der Waals surface area contributed by atoms with E-state index in [-0.39, 0.29) is 5.76 Å². The third-order valence-electron chi connectivity index (χ3n) is 2.11. The van der Waals surface area contributed by atoms with Crippen LogP contribution in [0.3, 0.4) is 0 Å². The Morgan fingerprint density at radius 2 is 2.12 bits per heavy atom. The molecule has 1 rings (SSSR count). The number of carbonyl (C=O) groups is 1. The zero-order valence-corrected chi connectivity index (χ0v) is 10.4. The van der Waals surface area contributed by atoms with E-state index < -0.39 is 5.97 Å². The number of aryl methyl sites for hydroxylation is 1. The molecular formula is C12H19NO3. The van der Waals surface area contributed by atoms with Gasteiger partial charge in [-0.25, -0.2) is 9.78 Å². The van der Waals surface area contributed by atoms with Crippen LogP contribution in [-0.2, 0) is 17.6 Å². The average Bonchev–Trinajstić information content (AvgIpc) is 2.60. The second-order valence-electron chi connectivity index (χ2n) is 4.06. The molecule has 1 aromatic rings. The van der Waals surface area contributed by atoms with Crippen molar-refractivity contribution in [3.8, 4) is 0 Å². The predicted octanol–water partition coefficient (Wildman–Crippen LogP) is 2.61. The van der Waals surface area contributed by atoms with Crippen LogP contribution in [0.5, 0.6) is 0 Å². The number of rotatable bonds is 5. The molecule has 0 spiro atoms. The molecule has 4 heteroatoms. The summed E-state index contributed by atoms with van der Waals surface area (Å²) in [6, 6.07) is 0. The van der Waals surface area contributed by atoms with Crippen molar-refractivity contribution in [2.45, 2.75) is 40.5 Å². The number of aromatic nitrogens is 1. The van der Waals surface area contributed by atoms with E-state index in [2.05, 4.69) is 18.8 Å². The van der Waals surface area contributed by atoms with Gasteiger partial charge in [0.25, 0.3) is 0 Å². The lowest BCUT2D eigenvalue weighted by atomic mass is 10.1. The van der Waals surface area contributed by atoms with Gasteiger partial charge in [-0.3, -0.25) is 0 Å². The lowest BCUT2D eigenvalue weighted by Crippen LogP contribution is -2.08. The van der Waals surface area contributed by atoms with Gasteiger partial charge in [0, 0.05) is 6.42 Å². The first kappa shape index (κ1) is 12.7. The minimum absolute atomic E-state index is 0.271. The predicted molar refractivity (Wildman–Crippen MR) is 60.4 cm³/mol. The molecular weight excluding hydrogens is 206 g/mol. The molecule has 0 radical (unpaired) electrons. The molecule has 0 aliphatic rings. The lowest BCUT2D eigenvalue weighted by molar-refractivity contribution is 0.0486. The van der Waals surface area contributed by atoms with Gasteiger partial charge in [0.2, 0.25) is 5.76 Å². The van der Waals surface area contributed by atoms with E-state index in [9.17, 15) is 4.79 Å². The summed E-state index contributed by atoms with van der Waals surface area (Å²) >= 11 is 0. The smallest absolute Gasteiger partial charge is 0.376 e. The number of carbonyl (C=O) groups excluding carboxylic acids is 1. The SMILES string of the molecule is CCOC(=O)c1oc(CC)nc1CC(C)C. The molecule has 90 valence electrons. The van der Waals surface area contributed by atoms with E-state index in [1.54, 1.807) is 6.92 Å². The van der Waals surface area contributed by atoms with E-state index in [0.717, 1.165) is 6.42 Å². The largest absolute Gasteiger partial charge is 0.460 e. The summed E-state index contributed by atoms with van der Waals surface area (Å²) in [6.07, 6.45) is 1.42. The molecule has 1 aromatic heterocycles. The van der Waals surface area contributed by atoms with Gasteiger partial charge in [0.15, 0.2) is 5.89 Å². The Labute approximate surface area is 96.0 Å². The van der Waals surface area contributed by atoms with Gasteiger partial charge in [-0.05, 0) is 19.3 Å². The molecule has 1 heterocycles. The first-order valence-electron chi connectivity index (χ1n) is 5.74. The summed E-state index contributed by atoms with van der Waals surface area (Å²) in [6.45, 7) is 8.23. The summed E-state index contributed by atoms with van der Waals surface area (Å²) in [5.74, 6) is 0.888. The Morgan fingerprint density at radius 1 is 1.44 bits per heavy atom. The first-order valence-corrected chi connectivity index (χ1v) is 5.74. The average molecular weight is 225 g/mol. The van der Waals surface area contributed by atoms with E-state index in [0.29, 0.717) is 30.5 Å². The van der Waals surface area contributed by atoms with Crippen LogP contribution in [-0.4, -0.2) is 17.6 Å². The number of oxazole rings is 1. The maximum Gasteiger partial charge on any atom is 0.376 e. The van der Waals surface area contributed by atoms with Crippen LogP contribution in [0.25, 0.3) is 0 Å². The quantitative estimate of drug-likeness (QED) is 0.723. The molecule has 0 amide bonds. The number of hydrogen-bond acceptors (Lipinski definition) is 4. The Kier molecular flexibility index (Phi) is 4.52. The van der Waals surface area contributed by atoms with Gasteiger partial charge in [0.1, 0.15) is 0 Å². The number of ether oxygens (including phenoxy) is 1. The van der Waals surface area contributed by atoms with Gasteiger partial charge in [-0.2, -0.15) is 0 Å². The van der Waals surface area contributed by atoms with Crippen molar-refractivity contribution in [1.82, 2.24) is 4.98 Å². The molecule has 0 saturated heterocycles. The first-order chi connectivity index (χ1) is 7.58. The Morgan fingerprint density at radius 3 is 2.62 bits per heavy atom. The highest BCUT2D eigenvalue weighted by Gasteiger charge is 2.21. The van der Waals surface area contributed by atoms with E-state index in [1.165, 1.54) is 0 Å². The minimum atomic E-state index is -0.412. The van der Waals surface area contributed by atoms with Crippen molar-refractivity contribution in [3.05, 3.63) is 17.3 Å². The van der Waals surface area contributed by atoms with Crippen molar-refractivity contribution >= 4 is 5.97 Å². The normalized spacial score (nSPS) is 10.8. The van der Waals surface area contributed by atoms with Gasteiger partial charge < -0.3 is 9.15 Å². The van der Waals surface area contributed by atoms with Crippen LogP contribution in [0.4, 0.5) is 0 Å². The fraction of sp³-hybridized carbons (Fsp3) is 0.667. The zero-order valence-electron chi connectivity index (χ0n) is 10.4. The van der Waals surface area contributed by atoms with Crippen molar-refractivity contribution in [2.24, 2.45) is 5.92 Å². The summed E-state index contributed by atoms with van der Waals surface area (Å²) in [4.78, 5) is 15.9. The van der Waals surface area contributed by atoms with E-state index >= 15 is 0 Å². The zero-order chi connectivity index (χ0) is 12.1. The molecule has 0 bridgehead atoms. The molecule has 0 unspecified atom stereocenters. The topological polar surface area (TPSA) is 52.3 Å². The van der Waals surface area contributed by atoms with Gasteiger partial charge >= 0.3 is 5.97 Å². The third-order valence-corrected chi connectivity index (χ3v) is 2.11. The summed E-state index contributed by atoms with van der Waals surface area (Å²) < 4.78 is 10.3. The number of esters is 1. The van der Waals surface area contributed by atoms with Crippen LogP contribution in [0.1, 0.15) is 49.8 Å². The molecule has 16 heavy (non-hydrogen) atoms. The highest BCUT2D eigenvalue weighted by atomic mass is 16.5. The Bertz CT molecular complexity index is 355. The molecule has 0 aliphatic carbocycles. The number of nitrogens with zero attached hydrogens (tertiary/aromatic N) is 1. The summed E-state index contributed by atoms with van der Waals surface area (Å²) in [5, 5.41) is 0. The molecule has 0 N–H and O–H groups in total. The molecule has 0 saturated carbocycles. The number of hydrogen-bond donors (Lipinski definition) is 0. The lowest BCUT2D eigenvalue weighted by Gasteiger charge is -2.02. The van der Waals surface area contributed by atoms with Crippen LogP contribution >= 0.6 is 0 Å².